The largest absolute Gasteiger partial charge is 0.385 e. The monoisotopic (exact) mass is 294 g/mol. The third-order valence-electron chi connectivity index (χ3n) is 3.82. The molecule has 0 saturated heterocycles. The molecule has 0 radical (unpaired) electrons. The van der Waals surface area contributed by atoms with Gasteiger partial charge in [-0.05, 0) is 29.0 Å². The van der Waals surface area contributed by atoms with Crippen LogP contribution in [0.1, 0.15) is 22.2 Å². The smallest absolute Gasteiger partial charge is 0.252 e. The number of nitrogens with zero attached hydrogens (tertiary/aromatic N) is 1. The van der Waals surface area contributed by atoms with Crippen molar-refractivity contribution in [2.75, 3.05) is 6.54 Å². The second-order valence-corrected chi connectivity index (χ2v) is 5.30. The zero-order chi connectivity index (χ0) is 15.5. The summed E-state index contributed by atoms with van der Waals surface area (Å²) in [6.07, 6.45) is 1.14. The number of fused-ring (bicyclic) bond motifs is 1. The van der Waals surface area contributed by atoms with Gasteiger partial charge in [0.05, 0.1) is 0 Å². The van der Waals surface area contributed by atoms with Crippen LogP contribution < -0.4 is 5.32 Å². The summed E-state index contributed by atoms with van der Waals surface area (Å²) in [5.41, 5.74) is 1.40. The Bertz CT molecular complexity index is 802. The van der Waals surface area contributed by atoms with E-state index in [1.54, 1.807) is 6.07 Å². The van der Waals surface area contributed by atoms with Gasteiger partial charge in [-0.25, -0.2) is 0 Å². The van der Waals surface area contributed by atoms with Crippen LogP contribution in [-0.2, 0) is 7.05 Å². The highest BCUT2D eigenvalue weighted by atomic mass is 16.3. The third kappa shape index (κ3) is 2.73. The Hall–Kier alpha value is -2.59. The van der Waals surface area contributed by atoms with Crippen LogP contribution in [0.2, 0.25) is 0 Å². The molecule has 0 aliphatic rings. The predicted molar refractivity (Wildman–Crippen MR) is 86.7 cm³/mol. The van der Waals surface area contributed by atoms with E-state index in [0.29, 0.717) is 5.56 Å². The standard InChI is InChI=1S/C18H18N2O2/c1-20-11-5-10-16(20)17(21)12-19-18(22)15-9-4-7-13-6-2-3-8-14(13)15/h2-11,17,21H,12H2,1H3,(H,19,22)/t17-/m0/s1. The Labute approximate surface area is 129 Å². The first-order valence-electron chi connectivity index (χ1n) is 7.22. The summed E-state index contributed by atoms with van der Waals surface area (Å²) in [5, 5.41) is 14.9. The van der Waals surface area contributed by atoms with Gasteiger partial charge in [0.2, 0.25) is 0 Å². The van der Waals surface area contributed by atoms with Gasteiger partial charge < -0.3 is 15.0 Å². The van der Waals surface area contributed by atoms with Gasteiger partial charge in [-0.3, -0.25) is 4.79 Å². The molecule has 0 fully saturated rings. The molecular weight excluding hydrogens is 276 g/mol. The molecule has 0 spiro atoms. The van der Waals surface area contributed by atoms with Crippen molar-refractivity contribution in [2.24, 2.45) is 7.05 Å². The van der Waals surface area contributed by atoms with Crippen LogP contribution in [0.5, 0.6) is 0 Å². The molecule has 0 saturated carbocycles. The molecule has 3 rings (SSSR count). The van der Waals surface area contributed by atoms with Gasteiger partial charge in [0, 0.05) is 31.0 Å². The number of carbonyl (C=O) groups excluding carboxylic acids is 1. The fourth-order valence-electron chi connectivity index (χ4n) is 2.63. The molecule has 1 atom stereocenters. The predicted octanol–water partition coefficient (Wildman–Crippen LogP) is 2.64. The number of hydrogen-bond donors (Lipinski definition) is 2. The van der Waals surface area contributed by atoms with Gasteiger partial charge in [-0.15, -0.1) is 0 Å². The molecule has 0 bridgehead atoms. The van der Waals surface area contributed by atoms with Gasteiger partial charge in [-0.1, -0.05) is 36.4 Å². The number of amides is 1. The lowest BCUT2D eigenvalue weighted by Gasteiger charge is -2.14. The Morgan fingerprint density at radius 1 is 1.14 bits per heavy atom. The summed E-state index contributed by atoms with van der Waals surface area (Å²) in [7, 11) is 1.87. The summed E-state index contributed by atoms with van der Waals surface area (Å²) in [4.78, 5) is 12.4. The summed E-state index contributed by atoms with van der Waals surface area (Å²) in [5.74, 6) is -0.176. The minimum Gasteiger partial charge on any atom is -0.385 e. The molecular formula is C18H18N2O2. The average Bonchev–Trinajstić information content (AvgIpc) is 2.98. The number of carbonyl (C=O) groups is 1. The molecule has 3 aromatic rings. The summed E-state index contributed by atoms with van der Waals surface area (Å²) in [6, 6.07) is 17.1. The van der Waals surface area contributed by atoms with Crippen molar-refractivity contribution < 1.29 is 9.90 Å². The highest BCUT2D eigenvalue weighted by Gasteiger charge is 2.14. The summed E-state index contributed by atoms with van der Waals surface area (Å²) < 4.78 is 1.84. The van der Waals surface area contributed by atoms with Crippen LogP contribution in [0.4, 0.5) is 0 Å². The van der Waals surface area contributed by atoms with Crippen molar-refractivity contribution in [3.8, 4) is 0 Å². The fourth-order valence-corrected chi connectivity index (χ4v) is 2.63. The quantitative estimate of drug-likeness (QED) is 0.777. The molecule has 0 aliphatic heterocycles. The fraction of sp³-hybridized carbons (Fsp3) is 0.167. The SMILES string of the molecule is Cn1cccc1[C@@H](O)CNC(=O)c1cccc2ccccc12. The van der Waals surface area contributed by atoms with Crippen LogP contribution in [0.3, 0.4) is 0 Å². The molecule has 2 aromatic carbocycles. The van der Waals surface area contributed by atoms with Gasteiger partial charge in [0.15, 0.2) is 0 Å². The molecule has 0 aliphatic carbocycles. The van der Waals surface area contributed by atoms with E-state index in [9.17, 15) is 9.90 Å². The van der Waals surface area contributed by atoms with Crippen molar-refractivity contribution in [3.63, 3.8) is 0 Å². The summed E-state index contributed by atoms with van der Waals surface area (Å²) >= 11 is 0. The number of nitrogens with one attached hydrogen (secondary N) is 1. The second-order valence-electron chi connectivity index (χ2n) is 5.30. The first kappa shape index (κ1) is 14.4. The van der Waals surface area contributed by atoms with Crippen LogP contribution in [0.25, 0.3) is 10.8 Å². The number of aliphatic hydroxyl groups is 1. The van der Waals surface area contributed by atoms with Crippen molar-refractivity contribution in [2.45, 2.75) is 6.10 Å². The average molecular weight is 294 g/mol. The maximum atomic E-state index is 12.4. The van der Waals surface area contributed by atoms with Crippen molar-refractivity contribution in [1.29, 1.82) is 0 Å². The highest BCUT2D eigenvalue weighted by molar-refractivity contribution is 6.06. The van der Waals surface area contributed by atoms with Crippen LogP contribution in [0.15, 0.2) is 60.8 Å². The minimum absolute atomic E-state index is 0.176. The Kier molecular flexibility index (Phi) is 3.94. The van der Waals surface area contributed by atoms with E-state index in [1.807, 2.05) is 66.3 Å². The normalized spacial score (nSPS) is 12.3. The number of aromatic nitrogens is 1. The maximum Gasteiger partial charge on any atom is 0.252 e. The van der Waals surface area contributed by atoms with Gasteiger partial charge in [0.1, 0.15) is 6.10 Å². The Morgan fingerprint density at radius 3 is 2.68 bits per heavy atom. The zero-order valence-electron chi connectivity index (χ0n) is 12.4. The number of benzene rings is 2. The zero-order valence-corrected chi connectivity index (χ0v) is 12.4. The molecule has 1 aromatic heterocycles. The van der Waals surface area contributed by atoms with E-state index in [0.717, 1.165) is 16.5 Å². The highest BCUT2D eigenvalue weighted by Crippen LogP contribution is 2.18. The molecule has 1 amide bonds. The van der Waals surface area contributed by atoms with Crippen LogP contribution >= 0.6 is 0 Å². The van der Waals surface area contributed by atoms with Crippen molar-refractivity contribution >= 4 is 16.7 Å². The topological polar surface area (TPSA) is 54.3 Å². The lowest BCUT2D eigenvalue weighted by molar-refractivity contribution is 0.0914. The molecule has 4 nitrogen and oxygen atoms in total. The molecule has 4 heteroatoms. The first-order chi connectivity index (χ1) is 10.7. The van der Waals surface area contributed by atoms with Gasteiger partial charge in [0.25, 0.3) is 5.91 Å². The lowest BCUT2D eigenvalue weighted by atomic mass is 10.0. The minimum atomic E-state index is -0.723. The molecule has 112 valence electrons. The number of hydrogen-bond acceptors (Lipinski definition) is 2. The summed E-state index contributed by atoms with van der Waals surface area (Å²) in [6.45, 7) is 0.180. The van der Waals surface area contributed by atoms with Gasteiger partial charge >= 0.3 is 0 Å². The van der Waals surface area contributed by atoms with E-state index >= 15 is 0 Å². The van der Waals surface area contributed by atoms with Crippen molar-refractivity contribution in [3.05, 3.63) is 72.1 Å². The van der Waals surface area contributed by atoms with E-state index < -0.39 is 6.10 Å². The molecule has 2 N–H and O–H groups in total. The van der Waals surface area contributed by atoms with Crippen molar-refractivity contribution in [1.82, 2.24) is 9.88 Å². The second kappa shape index (κ2) is 6.03. The Morgan fingerprint density at radius 2 is 1.91 bits per heavy atom. The lowest BCUT2D eigenvalue weighted by Crippen LogP contribution is -2.29. The molecule has 1 heterocycles. The molecule has 0 unspecified atom stereocenters. The van der Waals surface area contributed by atoms with Crippen LogP contribution in [0, 0.1) is 0 Å². The maximum absolute atomic E-state index is 12.4. The third-order valence-corrected chi connectivity index (χ3v) is 3.82. The van der Waals surface area contributed by atoms with E-state index in [4.69, 9.17) is 0 Å². The number of aliphatic hydroxyl groups excluding tert-OH is 1. The van der Waals surface area contributed by atoms with E-state index in [-0.39, 0.29) is 12.5 Å². The molecule has 22 heavy (non-hydrogen) atoms. The van der Waals surface area contributed by atoms with Gasteiger partial charge in [-0.2, -0.15) is 0 Å². The first-order valence-corrected chi connectivity index (χ1v) is 7.22. The Balaban J connectivity index is 1.75. The number of rotatable bonds is 4. The van der Waals surface area contributed by atoms with E-state index in [2.05, 4.69) is 5.32 Å². The van der Waals surface area contributed by atoms with Crippen LogP contribution in [-0.4, -0.2) is 22.1 Å². The number of aryl methyl sites for hydroxylation is 1. The van der Waals surface area contributed by atoms with E-state index in [1.165, 1.54) is 0 Å².